The van der Waals surface area contributed by atoms with E-state index in [9.17, 15) is 14.4 Å². The first-order valence-electron chi connectivity index (χ1n) is 11.9. The number of primary amides is 1. The van der Waals surface area contributed by atoms with Gasteiger partial charge in [0.05, 0.1) is 11.3 Å². The fourth-order valence-corrected chi connectivity index (χ4v) is 6.28. The van der Waals surface area contributed by atoms with Gasteiger partial charge in [-0.2, -0.15) is 0 Å². The molecule has 7 nitrogen and oxygen atoms in total. The number of rotatable bonds is 5. The lowest BCUT2D eigenvalue weighted by atomic mass is 9.72. The molecule has 3 heterocycles. The summed E-state index contributed by atoms with van der Waals surface area (Å²) in [4.78, 5) is 45.4. The SMILES string of the molecule is NC(=O)c1cccc(-c2cccnc2)c1[C@@H](C(=O)N1C[C@H](Cl)[C@H]2OCC(=O)[C@H]21)C1CCCCC1. The number of carbonyl (C=O) groups excluding carboxylic acids is 3. The maximum absolute atomic E-state index is 14.3. The van der Waals surface area contributed by atoms with Crippen molar-refractivity contribution < 1.29 is 19.1 Å². The molecule has 4 atom stereocenters. The number of hydrogen-bond donors (Lipinski definition) is 1. The first-order chi connectivity index (χ1) is 16.5. The Morgan fingerprint density at radius 3 is 2.65 bits per heavy atom. The zero-order valence-corrected chi connectivity index (χ0v) is 19.6. The van der Waals surface area contributed by atoms with Gasteiger partial charge in [-0.15, -0.1) is 11.6 Å². The molecule has 0 spiro atoms. The molecule has 0 radical (unpaired) electrons. The lowest BCUT2D eigenvalue weighted by molar-refractivity contribution is -0.139. The van der Waals surface area contributed by atoms with E-state index in [1.165, 1.54) is 0 Å². The molecule has 5 rings (SSSR count). The number of amides is 2. The summed E-state index contributed by atoms with van der Waals surface area (Å²) in [5.41, 5.74) is 8.37. The highest BCUT2D eigenvalue weighted by Gasteiger charge is 2.53. The van der Waals surface area contributed by atoms with Crippen molar-refractivity contribution in [3.8, 4) is 11.1 Å². The van der Waals surface area contributed by atoms with Crippen molar-refractivity contribution in [2.75, 3.05) is 13.2 Å². The molecule has 0 unspecified atom stereocenters. The second-order valence-electron chi connectivity index (χ2n) is 9.44. The fraction of sp³-hybridized carbons (Fsp3) is 0.462. The van der Waals surface area contributed by atoms with Crippen LogP contribution in [-0.4, -0.2) is 58.2 Å². The molecule has 2 amide bonds. The third-order valence-electron chi connectivity index (χ3n) is 7.45. The van der Waals surface area contributed by atoms with E-state index in [0.29, 0.717) is 11.1 Å². The minimum atomic E-state index is -0.677. The topological polar surface area (TPSA) is 103 Å². The van der Waals surface area contributed by atoms with Crippen molar-refractivity contribution in [2.24, 2.45) is 11.7 Å². The Bertz CT molecular complexity index is 1100. The van der Waals surface area contributed by atoms with Crippen LogP contribution >= 0.6 is 11.6 Å². The van der Waals surface area contributed by atoms with Gasteiger partial charge < -0.3 is 15.4 Å². The number of aromatic nitrogens is 1. The molecule has 1 aromatic carbocycles. The van der Waals surface area contributed by atoms with Gasteiger partial charge in [-0.25, -0.2) is 0 Å². The summed E-state index contributed by atoms with van der Waals surface area (Å²) in [5, 5.41) is -0.448. The van der Waals surface area contributed by atoms with E-state index in [0.717, 1.165) is 43.2 Å². The molecule has 2 saturated heterocycles. The average Bonchev–Trinajstić information content (AvgIpc) is 3.40. The summed E-state index contributed by atoms with van der Waals surface area (Å²) in [6.07, 6.45) is 7.80. The molecular formula is C26H28ClN3O4. The van der Waals surface area contributed by atoms with Crippen LogP contribution in [0.15, 0.2) is 42.7 Å². The molecule has 1 aromatic heterocycles. The number of nitrogens with two attached hydrogens (primary N) is 1. The standard InChI is InChI=1S/C26H28ClN3O4/c27-19-13-30(23-20(31)14-34-24(19)23)26(33)21(15-6-2-1-3-7-15)22-17(16-8-5-11-29-12-16)9-4-10-18(22)25(28)32/h4-5,8-12,15,19,21,23-24H,1-3,6-7,13-14H2,(H2,28,32)/t19-,21-,23+,24+/m0/s1. The first-order valence-corrected chi connectivity index (χ1v) is 12.3. The third kappa shape index (κ3) is 4.01. The Morgan fingerprint density at radius 1 is 1.15 bits per heavy atom. The number of carbonyl (C=O) groups is 3. The van der Waals surface area contributed by atoms with Crippen LogP contribution in [0, 0.1) is 5.92 Å². The van der Waals surface area contributed by atoms with Crippen LogP contribution in [0.3, 0.4) is 0 Å². The van der Waals surface area contributed by atoms with Crippen LogP contribution in [0.25, 0.3) is 11.1 Å². The van der Waals surface area contributed by atoms with Gasteiger partial charge in [0.25, 0.3) is 0 Å². The van der Waals surface area contributed by atoms with Gasteiger partial charge in [0.1, 0.15) is 18.8 Å². The quantitative estimate of drug-likeness (QED) is 0.660. The van der Waals surface area contributed by atoms with E-state index in [1.807, 2.05) is 18.2 Å². The Labute approximate surface area is 203 Å². The van der Waals surface area contributed by atoms with Crippen LogP contribution in [0.4, 0.5) is 0 Å². The summed E-state index contributed by atoms with van der Waals surface area (Å²) in [6.45, 7) is 0.209. The van der Waals surface area contributed by atoms with E-state index in [-0.39, 0.29) is 30.8 Å². The Balaban J connectivity index is 1.66. The molecule has 3 fully saturated rings. The highest BCUT2D eigenvalue weighted by molar-refractivity contribution is 6.22. The molecule has 34 heavy (non-hydrogen) atoms. The maximum Gasteiger partial charge on any atom is 0.249 e. The molecule has 2 N–H and O–H groups in total. The number of Topliss-reactive ketones (excluding diaryl/α,β-unsaturated/α-hetero) is 1. The minimum Gasteiger partial charge on any atom is -0.366 e. The van der Waals surface area contributed by atoms with Gasteiger partial charge in [0, 0.05) is 30.1 Å². The van der Waals surface area contributed by atoms with Gasteiger partial charge >= 0.3 is 0 Å². The molecule has 0 bridgehead atoms. The Kier molecular flexibility index (Phi) is 6.40. The molecule has 8 heteroatoms. The number of halogens is 1. The summed E-state index contributed by atoms with van der Waals surface area (Å²) in [6, 6.07) is 8.43. The summed E-state index contributed by atoms with van der Waals surface area (Å²) < 4.78 is 5.61. The fourth-order valence-electron chi connectivity index (χ4n) is 5.92. The van der Waals surface area contributed by atoms with E-state index in [4.69, 9.17) is 22.1 Å². The first kappa shape index (κ1) is 23.0. The van der Waals surface area contributed by atoms with Crippen molar-refractivity contribution in [2.45, 2.75) is 55.5 Å². The van der Waals surface area contributed by atoms with Crippen molar-refractivity contribution >= 4 is 29.2 Å². The summed E-state index contributed by atoms with van der Waals surface area (Å²) in [7, 11) is 0. The van der Waals surface area contributed by atoms with E-state index < -0.39 is 29.3 Å². The number of fused-ring (bicyclic) bond motifs is 1. The van der Waals surface area contributed by atoms with Crippen molar-refractivity contribution in [1.82, 2.24) is 9.88 Å². The van der Waals surface area contributed by atoms with Gasteiger partial charge in [0.2, 0.25) is 11.8 Å². The molecule has 3 aliphatic rings. The van der Waals surface area contributed by atoms with Crippen molar-refractivity contribution in [3.63, 3.8) is 0 Å². The zero-order chi connectivity index (χ0) is 23.8. The van der Waals surface area contributed by atoms with Crippen LogP contribution < -0.4 is 5.73 Å². The Morgan fingerprint density at radius 2 is 1.94 bits per heavy atom. The van der Waals surface area contributed by atoms with Crippen LogP contribution in [0.5, 0.6) is 0 Å². The van der Waals surface area contributed by atoms with E-state index in [1.54, 1.807) is 29.4 Å². The maximum atomic E-state index is 14.3. The summed E-state index contributed by atoms with van der Waals surface area (Å²) in [5.74, 6) is -1.47. The Hall–Kier alpha value is -2.77. The van der Waals surface area contributed by atoms with Gasteiger partial charge in [-0.1, -0.05) is 37.5 Å². The number of nitrogens with zero attached hydrogens (tertiary/aromatic N) is 2. The number of likely N-dealkylation sites (tertiary alicyclic amines) is 1. The highest BCUT2D eigenvalue weighted by atomic mass is 35.5. The molecule has 1 saturated carbocycles. The molecule has 2 aromatic rings. The monoisotopic (exact) mass is 481 g/mol. The predicted molar refractivity (Wildman–Crippen MR) is 127 cm³/mol. The van der Waals surface area contributed by atoms with Gasteiger partial charge in [0.15, 0.2) is 5.78 Å². The number of benzene rings is 1. The number of hydrogen-bond acceptors (Lipinski definition) is 5. The average molecular weight is 482 g/mol. The highest BCUT2D eigenvalue weighted by Crippen LogP contribution is 2.44. The molecule has 178 valence electrons. The van der Waals surface area contributed by atoms with Crippen molar-refractivity contribution in [1.29, 1.82) is 0 Å². The summed E-state index contributed by atoms with van der Waals surface area (Å²) >= 11 is 6.51. The van der Waals surface area contributed by atoms with Gasteiger partial charge in [-0.05, 0) is 42.0 Å². The number of ketones is 1. The lowest BCUT2D eigenvalue weighted by Gasteiger charge is -2.35. The number of ether oxygens (including phenoxy) is 1. The van der Waals surface area contributed by atoms with Crippen LogP contribution in [0.1, 0.15) is 53.9 Å². The third-order valence-corrected chi connectivity index (χ3v) is 7.83. The predicted octanol–water partition coefficient (Wildman–Crippen LogP) is 3.30. The normalized spacial score (nSPS) is 25.9. The number of alkyl halides is 1. The zero-order valence-electron chi connectivity index (χ0n) is 18.9. The smallest absolute Gasteiger partial charge is 0.249 e. The van der Waals surface area contributed by atoms with Crippen molar-refractivity contribution in [3.05, 3.63) is 53.9 Å². The van der Waals surface area contributed by atoms with Crippen LogP contribution in [0.2, 0.25) is 0 Å². The second kappa shape index (κ2) is 9.47. The molecular weight excluding hydrogens is 454 g/mol. The minimum absolute atomic E-state index is 0.0300. The van der Waals surface area contributed by atoms with Gasteiger partial charge in [-0.3, -0.25) is 19.4 Å². The molecule has 2 aliphatic heterocycles. The van der Waals surface area contributed by atoms with E-state index in [2.05, 4.69) is 4.98 Å². The van der Waals surface area contributed by atoms with Crippen LogP contribution in [-0.2, 0) is 14.3 Å². The van der Waals surface area contributed by atoms with E-state index >= 15 is 0 Å². The largest absolute Gasteiger partial charge is 0.366 e. The molecule has 1 aliphatic carbocycles. The lowest BCUT2D eigenvalue weighted by Crippen LogP contribution is -2.46. The number of pyridine rings is 1. The second-order valence-corrected chi connectivity index (χ2v) is 10.0.